The Morgan fingerprint density at radius 1 is 0.897 bits per heavy atom. The highest BCUT2D eigenvalue weighted by Crippen LogP contribution is 2.48. The molecule has 148 valence electrons. The third-order valence-corrected chi connectivity index (χ3v) is 5.94. The zero-order valence-corrected chi connectivity index (χ0v) is 16.1. The van der Waals surface area contributed by atoms with Gasteiger partial charge < -0.3 is 18.9 Å². The Hall–Kier alpha value is -3.21. The third-order valence-electron chi connectivity index (χ3n) is 5.94. The Bertz CT molecular complexity index is 961. The highest BCUT2D eigenvalue weighted by atomic mass is 16.7. The van der Waals surface area contributed by atoms with Gasteiger partial charge in [0.25, 0.3) is 0 Å². The minimum absolute atomic E-state index is 0.0128. The van der Waals surface area contributed by atoms with E-state index in [-0.39, 0.29) is 36.6 Å². The van der Waals surface area contributed by atoms with Crippen molar-refractivity contribution < 1.29 is 23.7 Å². The lowest BCUT2D eigenvalue weighted by molar-refractivity contribution is -0.147. The number of carbonyl (C=O) groups excluding carboxylic acids is 1. The minimum atomic E-state index is -0.385. The van der Waals surface area contributed by atoms with Crippen LogP contribution in [0.4, 0.5) is 0 Å². The van der Waals surface area contributed by atoms with Crippen molar-refractivity contribution in [1.29, 1.82) is 0 Å². The van der Waals surface area contributed by atoms with Crippen LogP contribution in [0.2, 0.25) is 0 Å². The maximum Gasteiger partial charge on any atom is 0.307 e. The summed E-state index contributed by atoms with van der Waals surface area (Å²) in [4.78, 5) is 12.7. The van der Waals surface area contributed by atoms with Crippen LogP contribution in [0, 0.1) is 5.92 Å². The van der Waals surface area contributed by atoms with Gasteiger partial charge in [-0.05, 0) is 29.3 Å². The zero-order valence-electron chi connectivity index (χ0n) is 16.1. The second kappa shape index (κ2) is 7.32. The zero-order chi connectivity index (χ0) is 19.8. The molecule has 5 rings (SSSR count). The molecule has 2 aromatic rings. The molecule has 3 aliphatic rings. The molecule has 0 aromatic heterocycles. The van der Waals surface area contributed by atoms with E-state index in [4.69, 9.17) is 18.9 Å². The summed E-state index contributed by atoms with van der Waals surface area (Å²) in [7, 11) is 1.66. The van der Waals surface area contributed by atoms with E-state index in [1.54, 1.807) is 7.11 Å². The van der Waals surface area contributed by atoms with Gasteiger partial charge in [-0.3, -0.25) is 4.79 Å². The fraction of sp³-hybridized carbons (Fsp3) is 0.292. The Balaban J connectivity index is 1.64. The molecule has 0 spiro atoms. The first-order valence-electron chi connectivity index (χ1n) is 9.81. The summed E-state index contributed by atoms with van der Waals surface area (Å²) in [5.74, 6) is 1.97. The first-order valence-corrected chi connectivity index (χ1v) is 9.81. The predicted molar refractivity (Wildman–Crippen MR) is 106 cm³/mol. The van der Waals surface area contributed by atoms with E-state index >= 15 is 0 Å². The first kappa shape index (κ1) is 17.9. The van der Waals surface area contributed by atoms with Gasteiger partial charge >= 0.3 is 5.97 Å². The average molecular weight is 390 g/mol. The van der Waals surface area contributed by atoms with Crippen LogP contribution in [0.3, 0.4) is 0 Å². The maximum absolute atomic E-state index is 12.7. The molecule has 5 heteroatoms. The number of rotatable bonds is 3. The van der Waals surface area contributed by atoms with Gasteiger partial charge in [0.15, 0.2) is 11.5 Å². The summed E-state index contributed by atoms with van der Waals surface area (Å²) >= 11 is 0. The van der Waals surface area contributed by atoms with Crippen molar-refractivity contribution in [2.75, 3.05) is 13.9 Å². The second-order valence-corrected chi connectivity index (χ2v) is 7.52. The van der Waals surface area contributed by atoms with E-state index in [2.05, 4.69) is 30.3 Å². The SMILES string of the molecule is COc1ccc([C@H]2C3C=C4OCOC4=CC3OC(=O)C[C@H]2c2ccccc2)cc1. The molecule has 2 heterocycles. The van der Waals surface area contributed by atoms with Gasteiger partial charge in [0.2, 0.25) is 6.79 Å². The lowest BCUT2D eigenvalue weighted by Gasteiger charge is -2.33. The lowest BCUT2D eigenvalue weighted by Crippen LogP contribution is -2.29. The van der Waals surface area contributed by atoms with E-state index < -0.39 is 0 Å². The van der Waals surface area contributed by atoms with Crippen molar-refractivity contribution in [3.05, 3.63) is 89.4 Å². The van der Waals surface area contributed by atoms with E-state index in [9.17, 15) is 4.79 Å². The van der Waals surface area contributed by atoms with Gasteiger partial charge in [-0.1, -0.05) is 42.5 Å². The first-order chi connectivity index (χ1) is 14.2. The Kier molecular flexibility index (Phi) is 4.51. The number of benzene rings is 2. The quantitative estimate of drug-likeness (QED) is 0.732. The molecule has 4 atom stereocenters. The predicted octanol–water partition coefficient (Wildman–Crippen LogP) is 4.28. The summed E-state index contributed by atoms with van der Waals surface area (Å²) in [5.41, 5.74) is 2.27. The van der Waals surface area contributed by atoms with Crippen LogP contribution in [0.25, 0.3) is 0 Å². The number of fused-ring (bicyclic) bond motifs is 2. The monoisotopic (exact) mass is 390 g/mol. The number of hydrogen-bond donors (Lipinski definition) is 0. The number of esters is 1. The minimum Gasteiger partial charge on any atom is -0.497 e. The lowest BCUT2D eigenvalue weighted by atomic mass is 9.70. The van der Waals surface area contributed by atoms with Crippen LogP contribution < -0.4 is 4.74 Å². The summed E-state index contributed by atoms with van der Waals surface area (Å²) in [6.07, 6.45) is 3.89. The molecule has 2 unspecified atom stereocenters. The molecule has 2 aliphatic heterocycles. The fourth-order valence-corrected chi connectivity index (χ4v) is 4.59. The normalized spacial score (nSPS) is 27.8. The van der Waals surface area contributed by atoms with E-state index in [1.807, 2.05) is 36.4 Å². The largest absolute Gasteiger partial charge is 0.497 e. The van der Waals surface area contributed by atoms with E-state index in [0.717, 1.165) is 22.6 Å². The Morgan fingerprint density at radius 2 is 1.62 bits per heavy atom. The molecule has 29 heavy (non-hydrogen) atoms. The van der Waals surface area contributed by atoms with Crippen LogP contribution in [-0.4, -0.2) is 26.0 Å². The molecule has 2 aromatic carbocycles. The third kappa shape index (κ3) is 3.27. The van der Waals surface area contributed by atoms with Crippen molar-refractivity contribution in [2.24, 2.45) is 5.92 Å². The second-order valence-electron chi connectivity index (χ2n) is 7.52. The van der Waals surface area contributed by atoms with Gasteiger partial charge in [-0.15, -0.1) is 0 Å². The van der Waals surface area contributed by atoms with Gasteiger partial charge in [-0.2, -0.15) is 0 Å². The summed E-state index contributed by atoms with van der Waals surface area (Å²) < 4.78 is 22.4. The molecule has 0 amide bonds. The molecular formula is C24H22O5. The van der Waals surface area contributed by atoms with E-state index in [0.29, 0.717) is 12.2 Å². The van der Waals surface area contributed by atoms with Crippen LogP contribution >= 0.6 is 0 Å². The summed E-state index contributed by atoms with van der Waals surface area (Å²) in [6, 6.07) is 18.3. The highest BCUT2D eigenvalue weighted by molar-refractivity contribution is 5.72. The topological polar surface area (TPSA) is 54.0 Å². The standard InChI is InChI=1S/C24H22O5/c1-26-17-9-7-16(8-10-17)24-18(15-5-3-2-4-6-15)12-23(25)29-20-13-22-21(11-19(20)24)27-14-28-22/h2-11,13,18-20,24H,12,14H2,1H3/t18-,19?,20?,24+/m0/s1. The fourth-order valence-electron chi connectivity index (χ4n) is 4.59. The van der Waals surface area contributed by atoms with Gasteiger partial charge in [0.1, 0.15) is 11.9 Å². The van der Waals surface area contributed by atoms with Gasteiger partial charge in [-0.25, -0.2) is 0 Å². The van der Waals surface area contributed by atoms with Crippen molar-refractivity contribution in [2.45, 2.75) is 24.4 Å². The van der Waals surface area contributed by atoms with Crippen molar-refractivity contribution in [3.8, 4) is 5.75 Å². The average Bonchev–Trinajstić information content (AvgIpc) is 3.16. The number of hydrogen-bond acceptors (Lipinski definition) is 5. The molecule has 0 N–H and O–H groups in total. The molecule has 2 saturated heterocycles. The van der Waals surface area contributed by atoms with Crippen molar-refractivity contribution >= 4 is 5.97 Å². The van der Waals surface area contributed by atoms with Gasteiger partial charge in [0, 0.05) is 23.8 Å². The van der Waals surface area contributed by atoms with E-state index in [1.165, 1.54) is 0 Å². The maximum atomic E-state index is 12.7. The summed E-state index contributed by atoms with van der Waals surface area (Å²) in [6.45, 7) is 0.195. The van der Waals surface area contributed by atoms with Gasteiger partial charge in [0.05, 0.1) is 13.5 Å². The molecular weight excluding hydrogens is 368 g/mol. The van der Waals surface area contributed by atoms with Crippen LogP contribution in [-0.2, 0) is 19.0 Å². The van der Waals surface area contributed by atoms with Crippen LogP contribution in [0.5, 0.6) is 5.75 Å². The van der Waals surface area contributed by atoms with Crippen LogP contribution in [0.1, 0.15) is 29.4 Å². The molecule has 1 aliphatic carbocycles. The molecule has 0 saturated carbocycles. The smallest absolute Gasteiger partial charge is 0.307 e. The summed E-state index contributed by atoms with van der Waals surface area (Å²) in [5, 5.41) is 0. The van der Waals surface area contributed by atoms with Crippen LogP contribution in [0.15, 0.2) is 78.3 Å². The molecule has 2 fully saturated rings. The Labute approximate surface area is 169 Å². The highest BCUT2D eigenvalue weighted by Gasteiger charge is 2.44. The van der Waals surface area contributed by atoms with Crippen molar-refractivity contribution in [3.63, 3.8) is 0 Å². The van der Waals surface area contributed by atoms with Crippen molar-refractivity contribution in [1.82, 2.24) is 0 Å². The Morgan fingerprint density at radius 3 is 2.34 bits per heavy atom. The molecule has 5 nitrogen and oxygen atoms in total. The molecule has 0 radical (unpaired) electrons. The number of ether oxygens (including phenoxy) is 4. The molecule has 0 bridgehead atoms. The number of methoxy groups -OCH3 is 1. The number of carbonyl (C=O) groups is 1.